The monoisotopic (exact) mass is 294 g/mol. The molecule has 0 amide bonds. The van der Waals surface area contributed by atoms with Gasteiger partial charge in [-0.25, -0.2) is 4.79 Å². The van der Waals surface area contributed by atoms with Crippen molar-refractivity contribution in [3.63, 3.8) is 0 Å². The predicted molar refractivity (Wildman–Crippen MR) is 63.5 cm³/mol. The quantitative estimate of drug-likeness (QED) is 0.192. The van der Waals surface area contributed by atoms with Crippen LogP contribution >= 0.6 is 0 Å². The predicted octanol–water partition coefficient (Wildman–Crippen LogP) is -3.00. The van der Waals surface area contributed by atoms with Gasteiger partial charge < -0.3 is 35.4 Å². The van der Waals surface area contributed by atoms with E-state index in [9.17, 15) is 24.9 Å². The second-order valence-electron chi connectivity index (χ2n) is 4.07. The number of carboxylic acids is 1. The van der Waals surface area contributed by atoms with Crippen LogP contribution in [0.15, 0.2) is 12.2 Å². The van der Waals surface area contributed by atoms with E-state index >= 15 is 0 Å². The molecule has 0 unspecified atom stereocenters. The molecule has 0 aromatic heterocycles. The van der Waals surface area contributed by atoms with Crippen LogP contribution in [0.1, 0.15) is 6.42 Å². The summed E-state index contributed by atoms with van der Waals surface area (Å²) in [6.07, 6.45) is -7.73. The Balaban J connectivity index is 4.27. The lowest BCUT2D eigenvalue weighted by Gasteiger charge is -2.25. The van der Waals surface area contributed by atoms with Crippen LogP contribution in [0.5, 0.6) is 0 Å². The average molecular weight is 294 g/mol. The van der Waals surface area contributed by atoms with Gasteiger partial charge in [0.1, 0.15) is 31.0 Å². The molecular weight excluding hydrogens is 276 g/mol. The van der Waals surface area contributed by atoms with Gasteiger partial charge in [0.25, 0.3) is 0 Å². The van der Waals surface area contributed by atoms with Crippen molar-refractivity contribution in [1.82, 2.24) is 0 Å². The molecule has 6 N–H and O–H groups in total. The number of carbonyl (C=O) groups excluding carboxylic acids is 1. The van der Waals surface area contributed by atoms with Gasteiger partial charge in [-0.1, -0.05) is 6.58 Å². The molecule has 116 valence electrons. The van der Waals surface area contributed by atoms with E-state index in [0.717, 1.165) is 0 Å². The summed E-state index contributed by atoms with van der Waals surface area (Å²) in [4.78, 5) is 21.6. The van der Waals surface area contributed by atoms with Gasteiger partial charge in [-0.15, -0.1) is 0 Å². The van der Waals surface area contributed by atoms with Crippen molar-refractivity contribution in [3.8, 4) is 0 Å². The van der Waals surface area contributed by atoms with E-state index in [1.165, 1.54) is 0 Å². The smallest absolute Gasteiger partial charge is 0.334 e. The number of carbonyl (C=O) groups is 2. The van der Waals surface area contributed by atoms with Crippen LogP contribution in [-0.2, 0) is 14.3 Å². The fourth-order valence-electron chi connectivity index (χ4n) is 1.18. The van der Waals surface area contributed by atoms with E-state index in [2.05, 4.69) is 11.3 Å². The molecule has 0 spiro atoms. The van der Waals surface area contributed by atoms with Gasteiger partial charge in [-0.3, -0.25) is 4.79 Å². The number of ether oxygens (including phenoxy) is 1. The van der Waals surface area contributed by atoms with Gasteiger partial charge >= 0.3 is 11.9 Å². The number of aliphatic hydroxyl groups is 5. The zero-order chi connectivity index (χ0) is 15.9. The maximum atomic E-state index is 11.2. The molecule has 0 fully saturated rings. The first-order chi connectivity index (χ1) is 9.20. The number of carboxylic acid groups (broad SMARTS) is 1. The van der Waals surface area contributed by atoms with Gasteiger partial charge in [0.15, 0.2) is 0 Å². The molecule has 0 aliphatic carbocycles. The van der Waals surface area contributed by atoms with Crippen LogP contribution in [0, 0.1) is 0 Å². The Labute approximate surface area is 114 Å². The number of hydrogen-bond acceptors (Lipinski definition) is 8. The Morgan fingerprint density at radius 3 is 2.00 bits per heavy atom. The third-order valence-corrected chi connectivity index (χ3v) is 2.36. The molecule has 0 saturated heterocycles. The van der Waals surface area contributed by atoms with Crippen LogP contribution in [0.4, 0.5) is 0 Å². The highest BCUT2D eigenvalue weighted by atomic mass is 16.5. The standard InChI is InChI=1S/C11H18O9/c1-5(2-8(15)16)11(19)20-4-7(14)10(18)9(17)6(13)3-12/h6-7,9-10,12-14,17-18H,1-4H2,(H,15,16)/t6-,7+,9-,10-/m1/s1. The van der Waals surface area contributed by atoms with Gasteiger partial charge in [-0.05, 0) is 0 Å². The molecule has 0 aliphatic rings. The normalized spacial score (nSPS) is 16.9. The van der Waals surface area contributed by atoms with Crippen LogP contribution in [-0.4, -0.2) is 80.2 Å². The van der Waals surface area contributed by atoms with Crippen LogP contribution in [0.3, 0.4) is 0 Å². The summed E-state index contributed by atoms with van der Waals surface area (Å²) in [7, 11) is 0. The second-order valence-corrected chi connectivity index (χ2v) is 4.07. The van der Waals surface area contributed by atoms with Gasteiger partial charge in [-0.2, -0.15) is 0 Å². The molecule has 0 heterocycles. The van der Waals surface area contributed by atoms with Crippen molar-refractivity contribution in [1.29, 1.82) is 0 Å². The topological polar surface area (TPSA) is 165 Å². The highest BCUT2D eigenvalue weighted by Gasteiger charge is 2.30. The van der Waals surface area contributed by atoms with Crippen molar-refractivity contribution < 1.29 is 45.0 Å². The fourth-order valence-corrected chi connectivity index (χ4v) is 1.18. The van der Waals surface area contributed by atoms with Crippen LogP contribution < -0.4 is 0 Å². The first-order valence-corrected chi connectivity index (χ1v) is 5.60. The molecule has 0 radical (unpaired) electrons. The minimum atomic E-state index is -1.86. The zero-order valence-corrected chi connectivity index (χ0v) is 10.5. The summed E-state index contributed by atoms with van der Waals surface area (Å²) in [5.74, 6) is -2.36. The van der Waals surface area contributed by atoms with Gasteiger partial charge in [0, 0.05) is 5.57 Å². The molecule has 20 heavy (non-hydrogen) atoms. The van der Waals surface area contributed by atoms with Gasteiger partial charge in [0.05, 0.1) is 13.0 Å². The van der Waals surface area contributed by atoms with Crippen molar-refractivity contribution >= 4 is 11.9 Å². The van der Waals surface area contributed by atoms with Crippen LogP contribution in [0.2, 0.25) is 0 Å². The minimum Gasteiger partial charge on any atom is -0.481 e. The molecule has 4 atom stereocenters. The van der Waals surface area contributed by atoms with E-state index in [0.29, 0.717) is 0 Å². The third-order valence-electron chi connectivity index (χ3n) is 2.36. The number of esters is 1. The van der Waals surface area contributed by atoms with Crippen molar-refractivity contribution in [3.05, 3.63) is 12.2 Å². The van der Waals surface area contributed by atoms with E-state index in [-0.39, 0.29) is 5.57 Å². The lowest BCUT2D eigenvalue weighted by molar-refractivity contribution is -0.153. The SMILES string of the molecule is C=C(CC(=O)O)C(=O)OC[C@H](O)[C@@H](O)[C@H](O)[C@H](O)CO. The minimum absolute atomic E-state index is 0.352. The summed E-state index contributed by atoms with van der Waals surface area (Å²) in [6, 6.07) is 0. The largest absolute Gasteiger partial charge is 0.481 e. The van der Waals surface area contributed by atoms with E-state index in [4.69, 9.17) is 15.3 Å². The molecule has 9 nitrogen and oxygen atoms in total. The Morgan fingerprint density at radius 1 is 1.05 bits per heavy atom. The highest BCUT2D eigenvalue weighted by Crippen LogP contribution is 2.07. The Kier molecular flexibility index (Phi) is 7.96. The third kappa shape index (κ3) is 6.08. The number of aliphatic carboxylic acids is 1. The molecule has 0 aliphatic heterocycles. The Hall–Kier alpha value is -1.52. The molecule has 9 heteroatoms. The molecule has 0 bridgehead atoms. The van der Waals surface area contributed by atoms with E-state index in [1.54, 1.807) is 0 Å². The molecule has 0 rings (SSSR count). The van der Waals surface area contributed by atoms with E-state index in [1.807, 2.05) is 0 Å². The lowest BCUT2D eigenvalue weighted by atomic mass is 10.0. The number of aliphatic hydroxyl groups excluding tert-OH is 5. The van der Waals surface area contributed by atoms with Crippen molar-refractivity contribution in [2.24, 2.45) is 0 Å². The van der Waals surface area contributed by atoms with Gasteiger partial charge in [0.2, 0.25) is 0 Å². The first-order valence-electron chi connectivity index (χ1n) is 5.60. The van der Waals surface area contributed by atoms with E-state index < -0.39 is 56.0 Å². The fraction of sp³-hybridized carbons (Fsp3) is 0.636. The average Bonchev–Trinajstić information content (AvgIpc) is 2.40. The van der Waals surface area contributed by atoms with Crippen molar-refractivity contribution in [2.75, 3.05) is 13.2 Å². The van der Waals surface area contributed by atoms with Crippen molar-refractivity contribution in [2.45, 2.75) is 30.8 Å². The maximum absolute atomic E-state index is 11.2. The summed E-state index contributed by atoms with van der Waals surface area (Å²) in [6.45, 7) is 1.60. The zero-order valence-electron chi connectivity index (χ0n) is 10.5. The molecule has 0 saturated carbocycles. The van der Waals surface area contributed by atoms with Crippen LogP contribution in [0.25, 0.3) is 0 Å². The lowest BCUT2D eigenvalue weighted by Crippen LogP contribution is -2.47. The maximum Gasteiger partial charge on any atom is 0.334 e. The number of rotatable bonds is 9. The summed E-state index contributed by atoms with van der Waals surface area (Å²) >= 11 is 0. The molecule has 0 aromatic carbocycles. The number of hydrogen-bond donors (Lipinski definition) is 6. The highest BCUT2D eigenvalue weighted by molar-refractivity contribution is 5.92. The first kappa shape index (κ1) is 18.5. The Morgan fingerprint density at radius 2 is 1.55 bits per heavy atom. The molecule has 0 aromatic rings. The summed E-state index contributed by atoms with van der Waals surface area (Å²) < 4.78 is 4.48. The molecular formula is C11H18O9. The summed E-state index contributed by atoms with van der Waals surface area (Å²) in [5.41, 5.74) is -0.352. The second kappa shape index (κ2) is 8.61. The Bertz CT molecular complexity index is 354. The summed E-state index contributed by atoms with van der Waals surface area (Å²) in [5, 5.41) is 54.1.